The number of nitrogens with one attached hydrogen (secondary N) is 2. The Morgan fingerprint density at radius 3 is 2.46 bits per heavy atom. The quantitative estimate of drug-likeness (QED) is 0.607. The van der Waals surface area contributed by atoms with Crippen molar-refractivity contribution in [3.05, 3.63) is 52.5 Å². The number of rotatable bonds is 6. The van der Waals surface area contributed by atoms with Crippen molar-refractivity contribution in [2.45, 2.75) is 39.0 Å². The molecule has 1 saturated carbocycles. The van der Waals surface area contributed by atoms with Gasteiger partial charge < -0.3 is 15.4 Å². The number of amides is 2. The maximum absolute atomic E-state index is 12.7. The summed E-state index contributed by atoms with van der Waals surface area (Å²) in [5.41, 5.74) is 1.76. The maximum Gasteiger partial charge on any atom is 0.259 e. The number of benzene rings is 2. The van der Waals surface area contributed by atoms with Crippen molar-refractivity contribution in [1.82, 2.24) is 0 Å². The van der Waals surface area contributed by atoms with Gasteiger partial charge in [-0.15, -0.1) is 0 Å². The van der Waals surface area contributed by atoms with Gasteiger partial charge in [0.25, 0.3) is 5.91 Å². The van der Waals surface area contributed by atoms with Gasteiger partial charge in [-0.25, -0.2) is 0 Å². The van der Waals surface area contributed by atoms with Gasteiger partial charge in [0.2, 0.25) is 5.91 Å². The second kappa shape index (κ2) is 9.73. The normalized spacial score (nSPS) is 14.4. The molecule has 0 spiro atoms. The Kier molecular flexibility index (Phi) is 7.09. The van der Waals surface area contributed by atoms with E-state index in [9.17, 15) is 9.59 Å². The molecule has 1 aliphatic carbocycles. The predicted octanol–water partition coefficient (Wildman–Crippen LogP) is 5.62. The first kappa shape index (κ1) is 20.4. The van der Waals surface area contributed by atoms with Crippen LogP contribution in [0.4, 0.5) is 11.4 Å². The van der Waals surface area contributed by atoms with E-state index < -0.39 is 0 Å². The average molecular weight is 445 g/mol. The summed E-state index contributed by atoms with van der Waals surface area (Å²) < 4.78 is 6.36. The molecule has 1 aliphatic rings. The average Bonchev–Trinajstić information content (AvgIpc) is 2.70. The SMILES string of the molecule is CCOc1ccc(Br)cc1C(=O)Nc1cccc(NC(=O)C2CCCCC2)c1. The summed E-state index contributed by atoms with van der Waals surface area (Å²) in [5, 5.41) is 5.87. The third-order valence-electron chi connectivity index (χ3n) is 4.85. The summed E-state index contributed by atoms with van der Waals surface area (Å²) in [5.74, 6) is 0.418. The maximum atomic E-state index is 12.7. The lowest BCUT2D eigenvalue weighted by molar-refractivity contribution is -0.120. The zero-order valence-electron chi connectivity index (χ0n) is 16.0. The summed E-state index contributed by atoms with van der Waals surface area (Å²) in [6, 6.07) is 12.6. The fourth-order valence-corrected chi connectivity index (χ4v) is 3.80. The third kappa shape index (κ3) is 5.35. The number of hydrogen-bond donors (Lipinski definition) is 2. The molecular weight excluding hydrogens is 420 g/mol. The minimum Gasteiger partial charge on any atom is -0.493 e. The van der Waals surface area contributed by atoms with Crippen LogP contribution in [0.25, 0.3) is 0 Å². The van der Waals surface area contributed by atoms with Crippen molar-refractivity contribution < 1.29 is 14.3 Å². The van der Waals surface area contributed by atoms with Gasteiger partial charge in [0, 0.05) is 21.8 Å². The first-order chi connectivity index (χ1) is 13.6. The van der Waals surface area contributed by atoms with Crippen LogP contribution in [0.1, 0.15) is 49.4 Å². The van der Waals surface area contributed by atoms with Crippen LogP contribution in [0.15, 0.2) is 46.9 Å². The Morgan fingerprint density at radius 2 is 1.75 bits per heavy atom. The lowest BCUT2D eigenvalue weighted by Crippen LogP contribution is -2.24. The van der Waals surface area contributed by atoms with Crippen molar-refractivity contribution >= 4 is 39.1 Å². The molecule has 0 heterocycles. The van der Waals surface area contributed by atoms with E-state index in [1.54, 1.807) is 24.3 Å². The Hall–Kier alpha value is -2.34. The van der Waals surface area contributed by atoms with Crippen molar-refractivity contribution in [3.8, 4) is 5.75 Å². The third-order valence-corrected chi connectivity index (χ3v) is 5.34. The van der Waals surface area contributed by atoms with Crippen molar-refractivity contribution in [2.24, 2.45) is 5.92 Å². The van der Waals surface area contributed by atoms with Crippen LogP contribution in [0.3, 0.4) is 0 Å². The molecule has 2 N–H and O–H groups in total. The highest BCUT2D eigenvalue weighted by molar-refractivity contribution is 9.10. The molecule has 6 heteroatoms. The molecule has 0 aromatic heterocycles. The molecular formula is C22H25BrN2O3. The summed E-state index contributed by atoms with van der Waals surface area (Å²) >= 11 is 3.39. The summed E-state index contributed by atoms with van der Waals surface area (Å²) in [6.45, 7) is 2.35. The van der Waals surface area contributed by atoms with E-state index in [0.29, 0.717) is 29.3 Å². The molecule has 0 bridgehead atoms. The highest BCUT2D eigenvalue weighted by atomic mass is 79.9. The molecule has 2 amide bonds. The van der Waals surface area contributed by atoms with Gasteiger partial charge in [-0.1, -0.05) is 41.3 Å². The Bertz CT molecular complexity index is 847. The van der Waals surface area contributed by atoms with Gasteiger partial charge in [-0.05, 0) is 56.2 Å². The van der Waals surface area contributed by atoms with Crippen LogP contribution in [-0.2, 0) is 4.79 Å². The van der Waals surface area contributed by atoms with Crippen LogP contribution in [0, 0.1) is 5.92 Å². The zero-order chi connectivity index (χ0) is 19.9. The van der Waals surface area contributed by atoms with E-state index in [4.69, 9.17) is 4.74 Å². The van der Waals surface area contributed by atoms with Gasteiger partial charge in [-0.3, -0.25) is 9.59 Å². The lowest BCUT2D eigenvalue weighted by atomic mass is 9.88. The molecule has 0 atom stereocenters. The van der Waals surface area contributed by atoms with E-state index in [-0.39, 0.29) is 17.7 Å². The van der Waals surface area contributed by atoms with Crippen molar-refractivity contribution in [3.63, 3.8) is 0 Å². The fourth-order valence-electron chi connectivity index (χ4n) is 3.44. The number of halogens is 1. The molecule has 1 fully saturated rings. The van der Waals surface area contributed by atoms with Crippen molar-refractivity contribution in [1.29, 1.82) is 0 Å². The number of anilines is 2. The minimum absolute atomic E-state index is 0.0637. The van der Waals surface area contributed by atoms with Crippen molar-refractivity contribution in [2.75, 3.05) is 17.2 Å². The van der Waals surface area contributed by atoms with Gasteiger partial charge >= 0.3 is 0 Å². The van der Waals surface area contributed by atoms with E-state index in [2.05, 4.69) is 26.6 Å². The smallest absolute Gasteiger partial charge is 0.259 e. The second-order valence-electron chi connectivity index (χ2n) is 6.93. The zero-order valence-corrected chi connectivity index (χ0v) is 17.6. The van der Waals surface area contributed by atoms with Gasteiger partial charge in [0.15, 0.2) is 0 Å². The molecule has 148 valence electrons. The van der Waals surface area contributed by atoms with Gasteiger partial charge in [0.1, 0.15) is 5.75 Å². The molecule has 2 aromatic carbocycles. The van der Waals surface area contributed by atoms with E-state index in [1.807, 2.05) is 25.1 Å². The largest absolute Gasteiger partial charge is 0.493 e. The second-order valence-corrected chi connectivity index (χ2v) is 7.85. The Labute approximate surface area is 174 Å². The molecule has 0 saturated heterocycles. The lowest BCUT2D eigenvalue weighted by Gasteiger charge is -2.21. The standard InChI is InChI=1S/C22H25BrN2O3/c1-2-28-20-12-11-16(23)13-19(20)22(27)25-18-10-6-9-17(14-18)24-21(26)15-7-4-3-5-8-15/h6,9-15H,2-5,7-8H2,1H3,(H,24,26)(H,25,27). The molecule has 3 rings (SSSR count). The van der Waals surface area contributed by atoms with Gasteiger partial charge in [0.05, 0.1) is 12.2 Å². The first-order valence-electron chi connectivity index (χ1n) is 9.71. The Morgan fingerprint density at radius 1 is 1.04 bits per heavy atom. The number of hydrogen-bond acceptors (Lipinski definition) is 3. The number of carbonyl (C=O) groups excluding carboxylic acids is 2. The van der Waals surface area contributed by atoms with Crippen LogP contribution in [0.2, 0.25) is 0 Å². The fraction of sp³-hybridized carbons (Fsp3) is 0.364. The monoisotopic (exact) mass is 444 g/mol. The topological polar surface area (TPSA) is 67.4 Å². The summed E-state index contributed by atoms with van der Waals surface area (Å²) in [7, 11) is 0. The molecule has 2 aromatic rings. The number of ether oxygens (including phenoxy) is 1. The Balaban J connectivity index is 1.70. The minimum atomic E-state index is -0.263. The molecule has 5 nitrogen and oxygen atoms in total. The molecule has 0 aliphatic heterocycles. The summed E-state index contributed by atoms with van der Waals surface area (Å²) in [6.07, 6.45) is 5.34. The summed E-state index contributed by atoms with van der Waals surface area (Å²) in [4.78, 5) is 25.2. The van der Waals surface area contributed by atoms with Crippen LogP contribution < -0.4 is 15.4 Å². The van der Waals surface area contributed by atoms with E-state index >= 15 is 0 Å². The van der Waals surface area contributed by atoms with E-state index in [1.165, 1.54) is 6.42 Å². The van der Waals surface area contributed by atoms with E-state index in [0.717, 1.165) is 30.2 Å². The number of carbonyl (C=O) groups is 2. The molecule has 0 unspecified atom stereocenters. The van der Waals surface area contributed by atoms with Crippen LogP contribution in [0.5, 0.6) is 5.75 Å². The molecule has 28 heavy (non-hydrogen) atoms. The highest BCUT2D eigenvalue weighted by Gasteiger charge is 2.21. The van der Waals surface area contributed by atoms with Crippen LogP contribution in [-0.4, -0.2) is 18.4 Å². The molecule has 0 radical (unpaired) electrons. The highest BCUT2D eigenvalue weighted by Crippen LogP contribution is 2.27. The van der Waals surface area contributed by atoms with Gasteiger partial charge in [-0.2, -0.15) is 0 Å². The first-order valence-corrected chi connectivity index (χ1v) is 10.5. The van der Waals surface area contributed by atoms with Crippen LogP contribution >= 0.6 is 15.9 Å². The predicted molar refractivity (Wildman–Crippen MR) is 115 cm³/mol.